The molecule has 4 aliphatic rings. The normalized spacial score (nSPS) is 30.3. The van der Waals surface area contributed by atoms with Crippen LogP contribution in [0.15, 0.2) is 23.1 Å². The van der Waals surface area contributed by atoms with Crippen molar-refractivity contribution in [2.24, 2.45) is 28.9 Å². The number of hydrogen-bond acceptors (Lipinski definition) is 4. The highest BCUT2D eigenvalue weighted by molar-refractivity contribution is 7.89. The number of amides is 2. The SMILES string of the molecule is CC(C)(CC(=O)NC1C2CC3CC1CC(C(N)=O)(C3)C2)NS(=O)(=O)c1ccc(C(F)(F)F)cc1Cl. The average molecular weight is 536 g/mol. The minimum Gasteiger partial charge on any atom is -0.369 e. The Kier molecular flexibility index (Phi) is 6.46. The van der Waals surface area contributed by atoms with Crippen LogP contribution in [0.3, 0.4) is 0 Å². The van der Waals surface area contributed by atoms with E-state index in [1.165, 1.54) is 13.8 Å². The Morgan fingerprint density at radius 2 is 1.74 bits per heavy atom. The number of primary amides is 1. The first-order valence-electron chi connectivity index (χ1n) is 11.5. The van der Waals surface area contributed by atoms with E-state index in [9.17, 15) is 31.2 Å². The molecule has 4 N–H and O–H groups in total. The number of carbonyl (C=O) groups is 2. The Hall–Kier alpha value is -1.85. The summed E-state index contributed by atoms with van der Waals surface area (Å²) in [4.78, 5) is 24.5. The van der Waals surface area contributed by atoms with Gasteiger partial charge in [-0.1, -0.05) is 11.6 Å². The predicted molar refractivity (Wildman–Crippen MR) is 123 cm³/mol. The molecule has 4 aliphatic carbocycles. The smallest absolute Gasteiger partial charge is 0.369 e. The largest absolute Gasteiger partial charge is 0.416 e. The van der Waals surface area contributed by atoms with Crippen molar-refractivity contribution in [1.82, 2.24) is 10.0 Å². The molecule has 0 radical (unpaired) electrons. The van der Waals surface area contributed by atoms with Crippen LogP contribution in [0.2, 0.25) is 5.02 Å². The fourth-order valence-electron chi connectivity index (χ4n) is 6.55. The third-order valence-electron chi connectivity index (χ3n) is 7.69. The Morgan fingerprint density at radius 3 is 2.26 bits per heavy atom. The summed E-state index contributed by atoms with van der Waals surface area (Å²) in [6.07, 6.45) is -0.864. The van der Waals surface area contributed by atoms with Crippen LogP contribution < -0.4 is 15.8 Å². The van der Waals surface area contributed by atoms with Crippen LogP contribution in [-0.4, -0.2) is 31.8 Å². The van der Waals surface area contributed by atoms with E-state index in [4.69, 9.17) is 17.3 Å². The molecule has 4 bridgehead atoms. The van der Waals surface area contributed by atoms with Gasteiger partial charge in [0.05, 0.1) is 10.6 Å². The number of carbonyl (C=O) groups excluding carboxylic acids is 2. The van der Waals surface area contributed by atoms with Gasteiger partial charge in [-0.25, -0.2) is 13.1 Å². The van der Waals surface area contributed by atoms with Gasteiger partial charge in [0.1, 0.15) is 4.90 Å². The van der Waals surface area contributed by atoms with E-state index in [1.54, 1.807) is 0 Å². The standard InChI is InChI=1S/C23H29ClF3N3O4S/c1-21(2,30-35(33,34)17-4-3-15(7-16(17)24)23(25,26)27)11-18(31)29-19-13-5-12-6-14(19)10-22(8-12,9-13)20(28)32/h3-4,7,12-14,19,30H,5-6,8-11H2,1-2H3,(H2,28,32)(H,29,31). The van der Waals surface area contributed by atoms with E-state index in [-0.39, 0.29) is 36.1 Å². The minimum atomic E-state index is -4.66. The number of sulfonamides is 1. The molecule has 4 saturated carbocycles. The molecular weight excluding hydrogens is 507 g/mol. The first-order valence-corrected chi connectivity index (χ1v) is 13.4. The molecule has 1 aromatic carbocycles. The molecule has 0 aliphatic heterocycles. The second kappa shape index (κ2) is 8.62. The van der Waals surface area contributed by atoms with E-state index >= 15 is 0 Å². The molecule has 35 heavy (non-hydrogen) atoms. The van der Waals surface area contributed by atoms with Gasteiger partial charge in [0.2, 0.25) is 21.8 Å². The molecule has 2 unspecified atom stereocenters. The molecule has 1 aromatic rings. The summed E-state index contributed by atoms with van der Waals surface area (Å²) in [5.74, 6) is 0.137. The fourth-order valence-corrected chi connectivity index (χ4v) is 8.51. The maximum atomic E-state index is 12.9. The average Bonchev–Trinajstić information content (AvgIpc) is 2.67. The van der Waals surface area contributed by atoms with Crippen LogP contribution in [0.1, 0.15) is 57.9 Å². The lowest BCUT2D eigenvalue weighted by Gasteiger charge is -2.58. The number of rotatable bonds is 7. The van der Waals surface area contributed by atoms with E-state index in [2.05, 4.69) is 10.0 Å². The zero-order chi connectivity index (χ0) is 26.0. The van der Waals surface area contributed by atoms with E-state index in [0.717, 1.165) is 25.3 Å². The molecule has 0 aromatic heterocycles. The Bertz CT molecular complexity index is 1140. The highest BCUT2D eigenvalue weighted by Crippen LogP contribution is 2.59. The summed E-state index contributed by atoms with van der Waals surface area (Å²) in [5.41, 5.74) is 2.93. The summed E-state index contributed by atoms with van der Waals surface area (Å²) in [7, 11) is -4.30. The Balaban J connectivity index is 1.42. The van der Waals surface area contributed by atoms with Crippen molar-refractivity contribution in [3.8, 4) is 0 Å². The number of halogens is 4. The second-order valence-electron chi connectivity index (χ2n) is 11.0. The summed E-state index contributed by atoms with van der Waals surface area (Å²) in [6.45, 7) is 3.03. The lowest BCUT2D eigenvalue weighted by molar-refractivity contribution is -0.147. The molecule has 12 heteroatoms. The molecule has 7 nitrogen and oxygen atoms in total. The number of hydrogen-bond donors (Lipinski definition) is 3. The third-order valence-corrected chi connectivity index (χ3v) is 9.87. The number of benzene rings is 1. The molecule has 5 rings (SSSR count). The van der Waals surface area contributed by atoms with Crippen LogP contribution >= 0.6 is 11.6 Å². The Labute approximate surface area is 207 Å². The molecule has 2 amide bonds. The van der Waals surface area contributed by atoms with Gasteiger partial charge in [-0.05, 0) is 81.9 Å². The molecule has 4 fully saturated rings. The fraction of sp³-hybridized carbons (Fsp3) is 0.652. The minimum absolute atomic E-state index is 0.0942. The van der Waals surface area contributed by atoms with Crippen molar-refractivity contribution in [3.63, 3.8) is 0 Å². The molecule has 0 spiro atoms. The number of nitrogens with one attached hydrogen (secondary N) is 2. The monoisotopic (exact) mass is 535 g/mol. The van der Waals surface area contributed by atoms with Crippen LogP contribution in [0.25, 0.3) is 0 Å². The van der Waals surface area contributed by atoms with Gasteiger partial charge in [0.15, 0.2) is 0 Å². The zero-order valence-electron chi connectivity index (χ0n) is 19.4. The van der Waals surface area contributed by atoms with Crippen molar-refractivity contribution >= 4 is 33.4 Å². The van der Waals surface area contributed by atoms with Gasteiger partial charge in [-0.2, -0.15) is 13.2 Å². The summed E-state index contributed by atoms with van der Waals surface area (Å²) >= 11 is 5.86. The first-order chi connectivity index (χ1) is 16.0. The van der Waals surface area contributed by atoms with Gasteiger partial charge in [-0.15, -0.1) is 0 Å². The van der Waals surface area contributed by atoms with Crippen molar-refractivity contribution in [2.75, 3.05) is 0 Å². The van der Waals surface area contributed by atoms with Gasteiger partial charge >= 0.3 is 6.18 Å². The molecule has 0 heterocycles. The van der Waals surface area contributed by atoms with E-state index in [1.807, 2.05) is 0 Å². The maximum absolute atomic E-state index is 12.9. The summed E-state index contributed by atoms with van der Waals surface area (Å²) in [6, 6.07) is 1.91. The lowest BCUT2D eigenvalue weighted by Crippen LogP contribution is -2.62. The summed E-state index contributed by atoms with van der Waals surface area (Å²) < 4.78 is 66.7. The van der Waals surface area contributed by atoms with Crippen LogP contribution in [0.4, 0.5) is 13.2 Å². The van der Waals surface area contributed by atoms with Gasteiger partial charge in [0, 0.05) is 23.4 Å². The van der Waals surface area contributed by atoms with Gasteiger partial charge in [-0.3, -0.25) is 9.59 Å². The van der Waals surface area contributed by atoms with Crippen molar-refractivity contribution in [2.45, 2.75) is 75.0 Å². The molecule has 0 saturated heterocycles. The molecule has 194 valence electrons. The first kappa shape index (κ1) is 26.2. The molecule has 2 atom stereocenters. The number of alkyl halides is 3. The quantitative estimate of drug-likeness (QED) is 0.494. The van der Waals surface area contributed by atoms with Crippen molar-refractivity contribution in [1.29, 1.82) is 0 Å². The van der Waals surface area contributed by atoms with Crippen molar-refractivity contribution < 1.29 is 31.2 Å². The van der Waals surface area contributed by atoms with Crippen LogP contribution in [0.5, 0.6) is 0 Å². The predicted octanol–water partition coefficient (Wildman–Crippen LogP) is 3.60. The van der Waals surface area contributed by atoms with Gasteiger partial charge < -0.3 is 11.1 Å². The van der Waals surface area contributed by atoms with Crippen LogP contribution in [0, 0.1) is 23.2 Å². The third kappa shape index (κ3) is 5.17. The van der Waals surface area contributed by atoms with E-state index < -0.39 is 42.6 Å². The van der Waals surface area contributed by atoms with Crippen molar-refractivity contribution in [3.05, 3.63) is 28.8 Å². The highest BCUT2D eigenvalue weighted by atomic mass is 35.5. The zero-order valence-corrected chi connectivity index (χ0v) is 21.0. The molecular formula is C23H29ClF3N3O4S. The van der Waals surface area contributed by atoms with Crippen LogP contribution in [-0.2, 0) is 25.8 Å². The second-order valence-corrected chi connectivity index (χ2v) is 13.1. The summed E-state index contributed by atoms with van der Waals surface area (Å²) in [5, 5.41) is 2.49. The highest BCUT2D eigenvalue weighted by Gasteiger charge is 2.58. The number of nitrogens with two attached hydrogens (primary N) is 1. The topological polar surface area (TPSA) is 118 Å². The maximum Gasteiger partial charge on any atom is 0.416 e. The van der Waals surface area contributed by atoms with E-state index in [0.29, 0.717) is 30.9 Å². The van der Waals surface area contributed by atoms with Gasteiger partial charge in [0.25, 0.3) is 0 Å². The Morgan fingerprint density at radius 1 is 1.14 bits per heavy atom. The lowest BCUT2D eigenvalue weighted by atomic mass is 9.47.